The van der Waals surface area contributed by atoms with Crippen molar-refractivity contribution in [2.45, 2.75) is 59.8 Å². The first-order valence-corrected chi connectivity index (χ1v) is 7.19. The lowest BCUT2D eigenvalue weighted by atomic mass is 9.95. The molecule has 1 saturated carbocycles. The fourth-order valence-electron chi connectivity index (χ4n) is 2.70. The maximum Gasteiger partial charge on any atom is 0.0497 e. The van der Waals surface area contributed by atoms with Crippen LogP contribution in [0.4, 0.5) is 0 Å². The Kier molecular flexibility index (Phi) is 6.41. The quantitative estimate of drug-likeness (QED) is 0.673. The predicted molar refractivity (Wildman–Crippen MR) is 70.6 cm³/mol. The van der Waals surface area contributed by atoms with Crippen LogP contribution >= 0.6 is 0 Å². The molecule has 0 aromatic carbocycles. The second-order valence-corrected chi connectivity index (χ2v) is 6.16. The van der Waals surface area contributed by atoms with E-state index in [0.717, 1.165) is 36.9 Å². The van der Waals surface area contributed by atoms with Crippen molar-refractivity contribution in [1.82, 2.24) is 0 Å². The molecule has 1 aliphatic heterocycles. The summed E-state index contributed by atoms with van der Waals surface area (Å²) in [6.07, 6.45) is 7.25. The van der Waals surface area contributed by atoms with Crippen LogP contribution in [0.25, 0.3) is 0 Å². The molecular weight excluding hydrogens is 196 g/mol. The number of rotatable bonds is 2. The monoisotopic (exact) mass is 226 g/mol. The average Bonchev–Trinajstić information content (AvgIpc) is 2.93. The van der Waals surface area contributed by atoms with E-state index in [9.17, 15) is 0 Å². The fourth-order valence-corrected chi connectivity index (χ4v) is 2.70. The summed E-state index contributed by atoms with van der Waals surface area (Å²) < 4.78 is 5.22. The third kappa shape index (κ3) is 4.86. The van der Waals surface area contributed by atoms with Crippen molar-refractivity contribution in [3.63, 3.8) is 0 Å². The van der Waals surface area contributed by atoms with E-state index in [-0.39, 0.29) is 0 Å². The lowest BCUT2D eigenvalue weighted by Crippen LogP contribution is -2.06. The van der Waals surface area contributed by atoms with Gasteiger partial charge < -0.3 is 4.74 Å². The van der Waals surface area contributed by atoms with Crippen LogP contribution in [-0.4, -0.2) is 13.2 Å². The minimum absolute atomic E-state index is 0.817. The van der Waals surface area contributed by atoms with Gasteiger partial charge in [0.15, 0.2) is 0 Å². The van der Waals surface area contributed by atoms with Gasteiger partial charge in [-0.15, -0.1) is 0 Å². The van der Waals surface area contributed by atoms with E-state index in [1.54, 1.807) is 0 Å². The molecule has 1 saturated heterocycles. The van der Waals surface area contributed by atoms with Gasteiger partial charge in [0.05, 0.1) is 0 Å². The van der Waals surface area contributed by atoms with Crippen LogP contribution in [0, 0.1) is 23.7 Å². The van der Waals surface area contributed by atoms with Gasteiger partial charge in [0, 0.05) is 13.2 Å². The maximum absolute atomic E-state index is 5.22. The molecule has 2 aliphatic rings. The SMILES string of the molecule is CC(C)C1CCCC1.CC(C)C1CCOC1. The Hall–Kier alpha value is -0.0400. The Morgan fingerprint density at radius 1 is 0.812 bits per heavy atom. The molecule has 16 heavy (non-hydrogen) atoms. The molecule has 0 aromatic rings. The molecule has 1 heterocycles. The summed E-state index contributed by atoms with van der Waals surface area (Å²) in [4.78, 5) is 0. The predicted octanol–water partition coefficient (Wildman–Crippen LogP) is 4.51. The third-order valence-electron chi connectivity index (χ3n) is 4.25. The zero-order valence-electron chi connectivity index (χ0n) is 11.7. The normalized spacial score (nSPS) is 26.2. The van der Waals surface area contributed by atoms with Gasteiger partial charge in [0.2, 0.25) is 0 Å². The molecule has 2 fully saturated rings. The zero-order chi connectivity index (χ0) is 12.0. The molecular formula is C15H30O. The smallest absolute Gasteiger partial charge is 0.0497 e. The summed E-state index contributed by atoms with van der Waals surface area (Å²) in [5.41, 5.74) is 0. The van der Waals surface area contributed by atoms with Crippen molar-refractivity contribution in [1.29, 1.82) is 0 Å². The Labute approximate surface area is 102 Å². The van der Waals surface area contributed by atoms with Gasteiger partial charge in [0.1, 0.15) is 0 Å². The Morgan fingerprint density at radius 3 is 1.62 bits per heavy atom. The standard InChI is InChI=1S/C8H16.C7H14O/c1-7(2)8-5-3-4-6-8;1-6(2)7-3-4-8-5-7/h7-8H,3-6H2,1-2H3;6-7H,3-5H2,1-2H3. The van der Waals surface area contributed by atoms with Crippen molar-refractivity contribution in [3.05, 3.63) is 0 Å². The molecule has 1 unspecified atom stereocenters. The number of ether oxygens (including phenoxy) is 1. The molecule has 96 valence electrons. The molecule has 0 spiro atoms. The summed E-state index contributed by atoms with van der Waals surface area (Å²) in [6, 6.07) is 0. The molecule has 0 radical (unpaired) electrons. The first-order valence-electron chi connectivity index (χ1n) is 7.19. The number of hydrogen-bond donors (Lipinski definition) is 0. The van der Waals surface area contributed by atoms with E-state index in [1.807, 2.05) is 0 Å². The van der Waals surface area contributed by atoms with E-state index in [4.69, 9.17) is 4.74 Å². The Morgan fingerprint density at radius 2 is 1.38 bits per heavy atom. The Balaban J connectivity index is 0.000000160. The van der Waals surface area contributed by atoms with Crippen LogP contribution in [0.3, 0.4) is 0 Å². The summed E-state index contributed by atoms with van der Waals surface area (Å²) in [6.45, 7) is 11.2. The Bertz CT molecular complexity index is 142. The third-order valence-corrected chi connectivity index (χ3v) is 4.25. The van der Waals surface area contributed by atoms with Crippen LogP contribution < -0.4 is 0 Å². The molecule has 1 aliphatic carbocycles. The maximum atomic E-state index is 5.22. The summed E-state index contributed by atoms with van der Waals surface area (Å²) in [5, 5.41) is 0. The van der Waals surface area contributed by atoms with E-state index < -0.39 is 0 Å². The lowest BCUT2D eigenvalue weighted by molar-refractivity contribution is 0.177. The highest BCUT2D eigenvalue weighted by Gasteiger charge is 2.18. The van der Waals surface area contributed by atoms with Gasteiger partial charge in [-0.25, -0.2) is 0 Å². The van der Waals surface area contributed by atoms with Crippen LogP contribution in [0.5, 0.6) is 0 Å². The first kappa shape index (κ1) is 14.0. The molecule has 0 N–H and O–H groups in total. The molecule has 1 atom stereocenters. The highest BCUT2D eigenvalue weighted by molar-refractivity contribution is 4.69. The topological polar surface area (TPSA) is 9.23 Å². The highest BCUT2D eigenvalue weighted by Crippen LogP contribution is 2.30. The van der Waals surface area contributed by atoms with Gasteiger partial charge in [-0.2, -0.15) is 0 Å². The first-order chi connectivity index (χ1) is 7.61. The van der Waals surface area contributed by atoms with E-state index >= 15 is 0 Å². The lowest BCUT2D eigenvalue weighted by Gasteiger charge is -2.11. The van der Waals surface area contributed by atoms with Gasteiger partial charge in [0.25, 0.3) is 0 Å². The minimum Gasteiger partial charge on any atom is -0.381 e. The number of hydrogen-bond acceptors (Lipinski definition) is 1. The molecule has 1 nitrogen and oxygen atoms in total. The zero-order valence-corrected chi connectivity index (χ0v) is 11.7. The van der Waals surface area contributed by atoms with Gasteiger partial charge in [-0.3, -0.25) is 0 Å². The largest absolute Gasteiger partial charge is 0.381 e. The van der Waals surface area contributed by atoms with Gasteiger partial charge >= 0.3 is 0 Å². The van der Waals surface area contributed by atoms with Crippen LogP contribution in [-0.2, 0) is 4.74 Å². The van der Waals surface area contributed by atoms with Crippen LogP contribution in [0.15, 0.2) is 0 Å². The summed E-state index contributed by atoms with van der Waals surface area (Å²) in [5.74, 6) is 3.67. The van der Waals surface area contributed by atoms with Crippen molar-refractivity contribution >= 4 is 0 Å². The molecule has 0 aromatic heterocycles. The van der Waals surface area contributed by atoms with Gasteiger partial charge in [-0.05, 0) is 30.1 Å². The van der Waals surface area contributed by atoms with Crippen molar-refractivity contribution < 1.29 is 4.74 Å². The van der Waals surface area contributed by atoms with Crippen molar-refractivity contribution in [3.8, 4) is 0 Å². The van der Waals surface area contributed by atoms with E-state index in [1.165, 1.54) is 32.1 Å². The second-order valence-electron chi connectivity index (χ2n) is 6.16. The molecule has 2 rings (SSSR count). The summed E-state index contributed by atoms with van der Waals surface area (Å²) >= 11 is 0. The van der Waals surface area contributed by atoms with E-state index in [2.05, 4.69) is 27.7 Å². The van der Waals surface area contributed by atoms with Crippen LogP contribution in [0.1, 0.15) is 59.8 Å². The molecule has 0 bridgehead atoms. The summed E-state index contributed by atoms with van der Waals surface area (Å²) in [7, 11) is 0. The van der Waals surface area contributed by atoms with Crippen molar-refractivity contribution in [2.24, 2.45) is 23.7 Å². The fraction of sp³-hybridized carbons (Fsp3) is 1.00. The van der Waals surface area contributed by atoms with Gasteiger partial charge in [-0.1, -0.05) is 53.4 Å². The molecule has 0 amide bonds. The average molecular weight is 226 g/mol. The molecule has 1 heteroatoms. The van der Waals surface area contributed by atoms with Crippen LogP contribution in [0.2, 0.25) is 0 Å². The highest BCUT2D eigenvalue weighted by atomic mass is 16.5. The second kappa shape index (κ2) is 7.32. The van der Waals surface area contributed by atoms with Crippen molar-refractivity contribution in [2.75, 3.05) is 13.2 Å². The van der Waals surface area contributed by atoms with E-state index in [0.29, 0.717) is 0 Å². The minimum atomic E-state index is 0.817.